The molecule has 0 aliphatic carbocycles. The van der Waals surface area contributed by atoms with Gasteiger partial charge >= 0.3 is 0 Å². The first-order chi connectivity index (χ1) is 9.70. The fourth-order valence-electron chi connectivity index (χ4n) is 2.30. The number of fused-ring (bicyclic) bond motifs is 1. The predicted octanol–water partition coefficient (Wildman–Crippen LogP) is 6.19. The van der Waals surface area contributed by atoms with E-state index < -0.39 is 0 Å². The maximum absolute atomic E-state index is 3.61. The van der Waals surface area contributed by atoms with Crippen LogP contribution in [0.1, 0.15) is 23.4 Å². The Hall–Kier alpha value is -0.200. The second-order valence-corrected chi connectivity index (χ2v) is 8.62. The van der Waals surface area contributed by atoms with Gasteiger partial charge in [0.05, 0.1) is 9.83 Å². The maximum Gasteiger partial charge on any atom is 0.0843 e. The van der Waals surface area contributed by atoms with Crippen LogP contribution in [-0.4, -0.2) is 6.54 Å². The largest absolute Gasteiger partial charge is 0.306 e. The van der Waals surface area contributed by atoms with Gasteiger partial charge in [0.15, 0.2) is 0 Å². The molecule has 2 heterocycles. The van der Waals surface area contributed by atoms with Crippen molar-refractivity contribution in [3.05, 3.63) is 54.4 Å². The summed E-state index contributed by atoms with van der Waals surface area (Å²) in [6.45, 7) is 3.10. The highest BCUT2D eigenvalue weighted by atomic mass is 79.9. The van der Waals surface area contributed by atoms with Gasteiger partial charge in [0.1, 0.15) is 0 Å². The molecule has 0 amide bonds. The van der Waals surface area contributed by atoms with Crippen LogP contribution in [0.15, 0.2) is 44.0 Å². The minimum absolute atomic E-state index is 0.253. The van der Waals surface area contributed by atoms with Crippen molar-refractivity contribution in [1.82, 2.24) is 5.32 Å². The molecular weight excluding hydrogens is 418 g/mol. The number of thiophene rings is 2. The quantitative estimate of drug-likeness (QED) is 0.520. The first-order valence-electron chi connectivity index (χ1n) is 6.35. The lowest BCUT2D eigenvalue weighted by Crippen LogP contribution is -2.20. The van der Waals surface area contributed by atoms with Gasteiger partial charge in [-0.1, -0.05) is 25.1 Å². The van der Waals surface area contributed by atoms with Gasteiger partial charge in [-0.05, 0) is 66.9 Å². The van der Waals surface area contributed by atoms with Crippen molar-refractivity contribution in [3.63, 3.8) is 0 Å². The SMILES string of the molecule is CCNC(c1cc(Br)c(Br)s1)c1csc2ccccc12. The van der Waals surface area contributed by atoms with Crippen molar-refractivity contribution in [2.75, 3.05) is 6.54 Å². The fraction of sp³-hybridized carbons (Fsp3) is 0.200. The van der Waals surface area contributed by atoms with E-state index >= 15 is 0 Å². The molecule has 1 unspecified atom stereocenters. The van der Waals surface area contributed by atoms with Crippen LogP contribution in [0.4, 0.5) is 0 Å². The van der Waals surface area contributed by atoms with Crippen molar-refractivity contribution < 1.29 is 0 Å². The summed E-state index contributed by atoms with van der Waals surface area (Å²) in [7, 11) is 0. The lowest BCUT2D eigenvalue weighted by Gasteiger charge is -2.16. The third-order valence-corrected chi connectivity index (χ3v) is 7.48. The number of rotatable bonds is 4. The zero-order valence-electron chi connectivity index (χ0n) is 10.8. The summed E-state index contributed by atoms with van der Waals surface area (Å²) in [5.41, 5.74) is 1.37. The average molecular weight is 431 g/mol. The molecule has 2 aromatic heterocycles. The molecule has 0 radical (unpaired) electrons. The Morgan fingerprint density at radius 1 is 1.25 bits per heavy atom. The third-order valence-electron chi connectivity index (χ3n) is 3.18. The van der Waals surface area contributed by atoms with Gasteiger partial charge in [-0.15, -0.1) is 22.7 Å². The molecule has 3 aromatic rings. The molecule has 1 nitrogen and oxygen atoms in total. The van der Waals surface area contributed by atoms with E-state index in [0.29, 0.717) is 0 Å². The van der Waals surface area contributed by atoms with Gasteiger partial charge in [0, 0.05) is 14.0 Å². The van der Waals surface area contributed by atoms with Crippen LogP contribution in [0, 0.1) is 0 Å². The topological polar surface area (TPSA) is 12.0 Å². The zero-order chi connectivity index (χ0) is 14.1. The molecule has 0 saturated carbocycles. The third kappa shape index (κ3) is 2.74. The Labute approximate surface area is 143 Å². The number of hydrogen-bond donors (Lipinski definition) is 1. The van der Waals surface area contributed by atoms with E-state index in [0.717, 1.165) is 14.8 Å². The predicted molar refractivity (Wildman–Crippen MR) is 97.1 cm³/mol. The normalized spacial score (nSPS) is 12.9. The molecule has 0 saturated heterocycles. The van der Waals surface area contributed by atoms with Gasteiger partial charge in [-0.25, -0.2) is 0 Å². The monoisotopic (exact) mass is 429 g/mol. The summed E-state index contributed by atoms with van der Waals surface area (Å²) in [6, 6.07) is 11.1. The van der Waals surface area contributed by atoms with E-state index in [-0.39, 0.29) is 6.04 Å². The van der Waals surface area contributed by atoms with Crippen molar-refractivity contribution >= 4 is 64.6 Å². The molecule has 1 N–H and O–H groups in total. The Kier molecular flexibility index (Phi) is 4.62. The second-order valence-electron chi connectivity index (χ2n) is 4.45. The zero-order valence-corrected chi connectivity index (χ0v) is 15.6. The van der Waals surface area contributed by atoms with Crippen molar-refractivity contribution in [3.8, 4) is 0 Å². The van der Waals surface area contributed by atoms with Crippen molar-refractivity contribution in [2.45, 2.75) is 13.0 Å². The van der Waals surface area contributed by atoms with E-state index in [1.54, 1.807) is 11.3 Å². The van der Waals surface area contributed by atoms with Crippen molar-refractivity contribution in [1.29, 1.82) is 0 Å². The summed E-state index contributed by atoms with van der Waals surface area (Å²) in [6.07, 6.45) is 0. The van der Waals surface area contributed by atoms with E-state index in [4.69, 9.17) is 0 Å². The van der Waals surface area contributed by atoms with Crippen LogP contribution in [0.25, 0.3) is 10.1 Å². The summed E-state index contributed by atoms with van der Waals surface area (Å²) >= 11 is 10.8. The van der Waals surface area contributed by atoms with Crippen LogP contribution in [0.5, 0.6) is 0 Å². The van der Waals surface area contributed by atoms with Crippen LogP contribution in [0.2, 0.25) is 0 Å². The number of nitrogens with one attached hydrogen (secondary N) is 1. The van der Waals surface area contributed by atoms with Gasteiger partial charge in [0.2, 0.25) is 0 Å². The average Bonchev–Trinajstić information content (AvgIpc) is 3.01. The summed E-state index contributed by atoms with van der Waals surface area (Å²) in [5.74, 6) is 0. The summed E-state index contributed by atoms with van der Waals surface area (Å²) < 4.78 is 3.62. The van der Waals surface area contributed by atoms with Gasteiger partial charge in [0.25, 0.3) is 0 Å². The van der Waals surface area contributed by atoms with E-state index in [1.165, 1.54) is 20.5 Å². The van der Waals surface area contributed by atoms with E-state index in [1.807, 2.05) is 11.3 Å². The molecule has 104 valence electrons. The van der Waals surface area contributed by atoms with E-state index in [9.17, 15) is 0 Å². The van der Waals surface area contributed by atoms with Crippen LogP contribution < -0.4 is 5.32 Å². The number of halogens is 2. The highest BCUT2D eigenvalue weighted by molar-refractivity contribution is 9.13. The second kappa shape index (κ2) is 6.28. The summed E-state index contributed by atoms with van der Waals surface area (Å²) in [4.78, 5) is 1.33. The first kappa shape index (κ1) is 14.7. The molecule has 0 fully saturated rings. The van der Waals surface area contributed by atoms with Crippen LogP contribution in [0.3, 0.4) is 0 Å². The standard InChI is InChI=1S/C15H13Br2NS2/c1-2-18-14(13-7-11(16)15(17)20-13)10-8-19-12-6-4-3-5-9(10)12/h3-8,14,18H,2H2,1H3. The van der Waals surface area contributed by atoms with Gasteiger partial charge in [-0.2, -0.15) is 0 Å². The number of benzene rings is 1. The Balaban J connectivity index is 2.10. The van der Waals surface area contributed by atoms with E-state index in [2.05, 4.69) is 79.8 Å². The smallest absolute Gasteiger partial charge is 0.0843 e. The van der Waals surface area contributed by atoms with Gasteiger partial charge in [-0.3, -0.25) is 0 Å². The van der Waals surface area contributed by atoms with Crippen LogP contribution >= 0.6 is 54.5 Å². The van der Waals surface area contributed by atoms with Gasteiger partial charge < -0.3 is 5.32 Å². The Morgan fingerprint density at radius 3 is 2.75 bits per heavy atom. The minimum Gasteiger partial charge on any atom is -0.306 e. The molecular formula is C15H13Br2NS2. The Bertz CT molecular complexity index is 713. The highest BCUT2D eigenvalue weighted by Gasteiger charge is 2.20. The lowest BCUT2D eigenvalue weighted by molar-refractivity contribution is 0.645. The molecule has 1 aromatic carbocycles. The molecule has 1 atom stereocenters. The maximum atomic E-state index is 3.61. The van der Waals surface area contributed by atoms with Crippen molar-refractivity contribution in [2.24, 2.45) is 0 Å². The lowest BCUT2D eigenvalue weighted by atomic mass is 10.0. The summed E-state index contributed by atoms with van der Waals surface area (Å²) in [5, 5.41) is 7.24. The van der Waals surface area contributed by atoms with Crippen LogP contribution in [-0.2, 0) is 0 Å². The molecule has 20 heavy (non-hydrogen) atoms. The minimum atomic E-state index is 0.253. The molecule has 0 spiro atoms. The fourth-order valence-corrected chi connectivity index (χ4v) is 5.47. The molecule has 5 heteroatoms. The number of hydrogen-bond acceptors (Lipinski definition) is 3. The first-order valence-corrected chi connectivity index (χ1v) is 9.63. The molecule has 0 aliphatic rings. The Morgan fingerprint density at radius 2 is 2.05 bits per heavy atom. The highest BCUT2D eigenvalue weighted by Crippen LogP contribution is 2.40. The molecule has 0 aliphatic heterocycles. The molecule has 3 rings (SSSR count). The molecule has 0 bridgehead atoms.